The highest BCUT2D eigenvalue weighted by Gasteiger charge is 2.21. The Morgan fingerprint density at radius 2 is 1.75 bits per heavy atom. The van der Waals surface area contributed by atoms with Gasteiger partial charge in [-0.25, -0.2) is 0 Å². The van der Waals surface area contributed by atoms with Gasteiger partial charge in [0.1, 0.15) is 0 Å². The van der Waals surface area contributed by atoms with Gasteiger partial charge in [-0.2, -0.15) is 0 Å². The number of benzene rings is 1. The second-order valence-corrected chi connectivity index (χ2v) is 6.82. The molecule has 2 amide bonds. The summed E-state index contributed by atoms with van der Waals surface area (Å²) in [6, 6.07) is 13.2. The highest BCUT2D eigenvalue weighted by atomic mass is 32.1. The Bertz CT molecular complexity index is 665. The van der Waals surface area contributed by atoms with Crippen molar-refractivity contribution in [2.75, 3.05) is 32.7 Å². The largest absolute Gasteiger partial charge is 0.343 e. The summed E-state index contributed by atoms with van der Waals surface area (Å²) in [4.78, 5) is 29.8. The Hall–Kier alpha value is -2.18. The molecule has 1 fully saturated rings. The lowest BCUT2D eigenvalue weighted by Gasteiger charge is -2.34. The number of carbonyl (C=O) groups is 2. The molecule has 2 heterocycles. The number of nitrogens with zero attached hydrogens (tertiary/aromatic N) is 2. The number of rotatable bonds is 5. The Kier molecular flexibility index (Phi) is 5.61. The number of carbonyl (C=O) groups excluding carboxylic acids is 2. The first kappa shape index (κ1) is 16.7. The quantitative estimate of drug-likeness (QED) is 0.901. The third-order valence-corrected chi connectivity index (χ3v) is 4.98. The minimum Gasteiger partial charge on any atom is -0.343 e. The summed E-state index contributed by atoms with van der Waals surface area (Å²) in [5.74, 6) is -0.227. The van der Waals surface area contributed by atoms with Crippen molar-refractivity contribution < 1.29 is 9.59 Å². The van der Waals surface area contributed by atoms with Crippen LogP contribution >= 0.6 is 11.3 Å². The summed E-state index contributed by atoms with van der Waals surface area (Å²) in [5.41, 5.74) is 0.575. The first-order chi connectivity index (χ1) is 11.7. The number of thiophene rings is 1. The van der Waals surface area contributed by atoms with Crippen molar-refractivity contribution in [3.63, 3.8) is 0 Å². The normalized spacial score (nSPS) is 15.2. The van der Waals surface area contributed by atoms with E-state index in [1.165, 1.54) is 4.88 Å². The highest BCUT2D eigenvalue weighted by molar-refractivity contribution is 7.09. The lowest BCUT2D eigenvalue weighted by Crippen LogP contribution is -2.50. The standard InChI is InChI=1S/C18H21N3O2S/c22-17(13-19-18(23)15-5-2-1-3-6-15)21-10-8-20(9-11-21)14-16-7-4-12-24-16/h1-7,12H,8-11,13-14H2,(H,19,23). The van der Waals surface area contributed by atoms with Crippen LogP contribution in [0.15, 0.2) is 47.8 Å². The first-order valence-corrected chi connectivity index (χ1v) is 8.96. The van der Waals surface area contributed by atoms with Crippen LogP contribution in [0.4, 0.5) is 0 Å². The summed E-state index contributed by atoms with van der Waals surface area (Å²) in [7, 11) is 0. The van der Waals surface area contributed by atoms with Crippen LogP contribution in [0.2, 0.25) is 0 Å². The lowest BCUT2D eigenvalue weighted by molar-refractivity contribution is -0.131. The first-order valence-electron chi connectivity index (χ1n) is 8.08. The maximum atomic E-state index is 12.3. The van der Waals surface area contributed by atoms with Crippen molar-refractivity contribution >= 4 is 23.2 Å². The predicted octanol–water partition coefficient (Wildman–Crippen LogP) is 1.82. The zero-order valence-corrected chi connectivity index (χ0v) is 14.3. The molecule has 0 bridgehead atoms. The third kappa shape index (κ3) is 4.43. The molecule has 0 unspecified atom stereocenters. The van der Waals surface area contributed by atoms with Crippen LogP contribution in [0.1, 0.15) is 15.2 Å². The molecule has 6 heteroatoms. The van der Waals surface area contributed by atoms with E-state index < -0.39 is 0 Å². The van der Waals surface area contributed by atoms with Crippen LogP contribution in [0.25, 0.3) is 0 Å². The summed E-state index contributed by atoms with van der Waals surface area (Å²) in [5, 5.41) is 4.79. The molecule has 2 aromatic rings. The number of amides is 2. The van der Waals surface area contributed by atoms with Crippen molar-refractivity contribution in [3.05, 3.63) is 58.3 Å². The Balaban J connectivity index is 1.41. The number of piperazine rings is 1. The van der Waals surface area contributed by atoms with Crippen molar-refractivity contribution in [2.45, 2.75) is 6.54 Å². The zero-order valence-electron chi connectivity index (χ0n) is 13.5. The van der Waals surface area contributed by atoms with E-state index in [-0.39, 0.29) is 18.4 Å². The van der Waals surface area contributed by atoms with Gasteiger partial charge in [0, 0.05) is 43.2 Å². The number of hydrogen-bond donors (Lipinski definition) is 1. The monoisotopic (exact) mass is 343 g/mol. The van der Waals surface area contributed by atoms with Gasteiger partial charge >= 0.3 is 0 Å². The predicted molar refractivity (Wildman–Crippen MR) is 95.0 cm³/mol. The molecule has 1 N–H and O–H groups in total. The van der Waals surface area contributed by atoms with Crippen LogP contribution in [0, 0.1) is 0 Å². The fraction of sp³-hybridized carbons (Fsp3) is 0.333. The molecule has 1 aliphatic rings. The minimum atomic E-state index is -0.208. The number of nitrogens with one attached hydrogen (secondary N) is 1. The second kappa shape index (κ2) is 8.08. The highest BCUT2D eigenvalue weighted by Crippen LogP contribution is 2.13. The van der Waals surface area contributed by atoms with Gasteiger partial charge < -0.3 is 10.2 Å². The van der Waals surface area contributed by atoms with Gasteiger partial charge in [-0.1, -0.05) is 24.3 Å². The fourth-order valence-corrected chi connectivity index (χ4v) is 3.48. The van der Waals surface area contributed by atoms with Gasteiger partial charge in [0.15, 0.2) is 0 Å². The number of hydrogen-bond acceptors (Lipinski definition) is 4. The molecule has 1 saturated heterocycles. The molecule has 0 aliphatic carbocycles. The van der Waals surface area contributed by atoms with Crippen molar-refractivity contribution in [1.29, 1.82) is 0 Å². The molecular formula is C18H21N3O2S. The molecule has 24 heavy (non-hydrogen) atoms. The van der Waals surface area contributed by atoms with E-state index in [9.17, 15) is 9.59 Å². The van der Waals surface area contributed by atoms with Gasteiger partial charge in [-0.05, 0) is 23.6 Å². The molecule has 1 aromatic carbocycles. The molecule has 3 rings (SSSR count). The second-order valence-electron chi connectivity index (χ2n) is 5.79. The molecule has 0 atom stereocenters. The molecule has 1 aromatic heterocycles. The van der Waals surface area contributed by atoms with E-state index in [1.54, 1.807) is 23.5 Å². The van der Waals surface area contributed by atoms with Crippen molar-refractivity contribution in [2.24, 2.45) is 0 Å². The smallest absolute Gasteiger partial charge is 0.251 e. The zero-order chi connectivity index (χ0) is 16.8. The van der Waals surface area contributed by atoms with Gasteiger partial charge in [-0.3, -0.25) is 14.5 Å². The Morgan fingerprint density at radius 3 is 2.42 bits per heavy atom. The van der Waals surface area contributed by atoms with Gasteiger partial charge in [0.2, 0.25) is 5.91 Å². The van der Waals surface area contributed by atoms with Crippen LogP contribution in [-0.4, -0.2) is 54.3 Å². The van der Waals surface area contributed by atoms with Crippen molar-refractivity contribution in [3.8, 4) is 0 Å². The van der Waals surface area contributed by atoms with Crippen LogP contribution < -0.4 is 5.32 Å². The molecule has 0 spiro atoms. The average molecular weight is 343 g/mol. The lowest BCUT2D eigenvalue weighted by atomic mass is 10.2. The minimum absolute atomic E-state index is 0.0185. The molecular weight excluding hydrogens is 322 g/mol. The fourth-order valence-electron chi connectivity index (χ4n) is 2.74. The summed E-state index contributed by atoms with van der Waals surface area (Å²) < 4.78 is 0. The molecule has 0 saturated carbocycles. The van der Waals surface area contributed by atoms with E-state index in [4.69, 9.17) is 0 Å². The van der Waals surface area contributed by atoms with Crippen molar-refractivity contribution in [1.82, 2.24) is 15.1 Å². The van der Waals surface area contributed by atoms with Crippen LogP contribution in [-0.2, 0) is 11.3 Å². The average Bonchev–Trinajstić information content (AvgIpc) is 3.14. The van der Waals surface area contributed by atoms with E-state index in [0.717, 1.165) is 19.6 Å². The molecule has 0 radical (unpaired) electrons. The van der Waals surface area contributed by atoms with E-state index in [1.807, 2.05) is 23.1 Å². The van der Waals surface area contributed by atoms with E-state index in [0.29, 0.717) is 18.7 Å². The Morgan fingerprint density at radius 1 is 1.00 bits per heavy atom. The summed E-state index contributed by atoms with van der Waals surface area (Å²) >= 11 is 1.76. The SMILES string of the molecule is O=C(NCC(=O)N1CCN(Cc2cccs2)CC1)c1ccccc1. The van der Waals surface area contributed by atoms with Crippen LogP contribution in [0.5, 0.6) is 0 Å². The van der Waals surface area contributed by atoms with E-state index >= 15 is 0 Å². The van der Waals surface area contributed by atoms with E-state index in [2.05, 4.69) is 27.7 Å². The maximum Gasteiger partial charge on any atom is 0.251 e. The maximum absolute atomic E-state index is 12.3. The molecule has 126 valence electrons. The molecule has 5 nitrogen and oxygen atoms in total. The summed E-state index contributed by atoms with van der Waals surface area (Å²) in [6.45, 7) is 4.17. The topological polar surface area (TPSA) is 52.7 Å². The van der Waals surface area contributed by atoms with Gasteiger partial charge in [0.25, 0.3) is 5.91 Å². The van der Waals surface area contributed by atoms with Crippen LogP contribution in [0.3, 0.4) is 0 Å². The van der Waals surface area contributed by atoms with Gasteiger partial charge in [-0.15, -0.1) is 11.3 Å². The Labute approximate surface area is 145 Å². The summed E-state index contributed by atoms with van der Waals surface area (Å²) in [6.07, 6.45) is 0. The van der Waals surface area contributed by atoms with Gasteiger partial charge in [0.05, 0.1) is 6.54 Å². The third-order valence-electron chi connectivity index (χ3n) is 4.12. The molecule has 1 aliphatic heterocycles.